The molecule has 2 aliphatic rings. The molecule has 0 amide bonds. The van der Waals surface area contributed by atoms with Gasteiger partial charge in [0.1, 0.15) is 17.7 Å². The molecule has 2 fully saturated rings. The largest absolute Gasteiger partial charge is 0.480 e. The second-order valence-electron chi connectivity index (χ2n) is 10.8. The summed E-state index contributed by atoms with van der Waals surface area (Å²) in [5.41, 5.74) is 4.95. The van der Waals surface area contributed by atoms with Gasteiger partial charge in [0.15, 0.2) is 11.5 Å². The minimum absolute atomic E-state index is 0.0348. The molecule has 1 aliphatic heterocycles. The number of likely N-dealkylation sites (N-methyl/N-ethyl adjacent to an activating group) is 1. The minimum atomic E-state index is -4.50. The van der Waals surface area contributed by atoms with Gasteiger partial charge >= 0.3 is 6.18 Å². The highest BCUT2D eigenvalue weighted by Gasteiger charge is 2.37. The van der Waals surface area contributed by atoms with Crippen molar-refractivity contribution in [2.24, 2.45) is 0 Å². The quantitative estimate of drug-likeness (QED) is 0.290. The smallest absolute Gasteiger partial charge is 0.434 e. The standard InChI is InChI=1S/C29H27F3N8O/c1-39-12-20(13-39)40-14-22(29(30,31)32)37-27(40)18-5-3-16(4-6-18)9-19-10-33-21-11-34-26(38-24(19)21)23-25(17-7-8-17)35-15-36-28(23)41-2/h3-6,10-11,14-15,17,20,33H,7-9,12-13H2,1-2H3. The van der Waals surface area contributed by atoms with Crippen molar-refractivity contribution in [2.45, 2.75) is 37.4 Å². The van der Waals surface area contributed by atoms with Crippen LogP contribution in [0, 0.1) is 0 Å². The summed E-state index contributed by atoms with van der Waals surface area (Å²) in [7, 11) is 3.52. The Balaban J connectivity index is 1.19. The molecule has 12 heteroatoms. The Morgan fingerprint density at radius 3 is 2.51 bits per heavy atom. The third kappa shape index (κ3) is 4.71. The molecule has 0 bridgehead atoms. The number of fused-ring (bicyclic) bond motifs is 1. The van der Waals surface area contributed by atoms with Crippen LogP contribution in [0.4, 0.5) is 13.2 Å². The molecule has 5 heterocycles. The molecule has 1 N–H and O–H groups in total. The Bertz CT molecular complexity index is 1730. The maximum absolute atomic E-state index is 13.5. The molecular formula is C29H27F3N8O. The zero-order valence-corrected chi connectivity index (χ0v) is 22.5. The monoisotopic (exact) mass is 560 g/mol. The fourth-order valence-electron chi connectivity index (χ4n) is 5.49. The Morgan fingerprint density at radius 1 is 1.05 bits per heavy atom. The van der Waals surface area contributed by atoms with Crippen LogP contribution >= 0.6 is 0 Å². The number of hydrogen-bond donors (Lipinski definition) is 1. The second kappa shape index (κ2) is 9.65. The Kier molecular flexibility index (Phi) is 6.03. The summed E-state index contributed by atoms with van der Waals surface area (Å²) in [6.45, 7) is 1.37. The van der Waals surface area contributed by atoms with Gasteiger partial charge in [0, 0.05) is 48.9 Å². The normalized spacial score (nSPS) is 16.3. The molecule has 9 nitrogen and oxygen atoms in total. The molecule has 7 rings (SSSR count). The van der Waals surface area contributed by atoms with Crippen molar-refractivity contribution in [3.05, 3.63) is 71.7 Å². The maximum atomic E-state index is 13.5. The Hall–Kier alpha value is -4.32. The van der Waals surface area contributed by atoms with Crippen LogP contribution in [-0.4, -0.2) is 66.6 Å². The van der Waals surface area contributed by atoms with E-state index in [0.717, 1.165) is 52.5 Å². The van der Waals surface area contributed by atoms with Crippen LogP contribution in [0.3, 0.4) is 0 Å². The average Bonchev–Trinajstić information content (AvgIpc) is 3.58. The van der Waals surface area contributed by atoms with E-state index < -0.39 is 11.9 Å². The van der Waals surface area contributed by atoms with E-state index in [2.05, 4.69) is 29.8 Å². The highest BCUT2D eigenvalue weighted by Crippen LogP contribution is 2.45. The van der Waals surface area contributed by atoms with E-state index in [1.807, 2.05) is 37.5 Å². The van der Waals surface area contributed by atoms with Crippen molar-refractivity contribution in [3.8, 4) is 28.7 Å². The number of hydrogen-bond acceptors (Lipinski definition) is 7. The van der Waals surface area contributed by atoms with Crippen molar-refractivity contribution in [3.63, 3.8) is 0 Å². The number of halogens is 3. The van der Waals surface area contributed by atoms with Crippen LogP contribution in [0.15, 0.2) is 49.2 Å². The van der Waals surface area contributed by atoms with E-state index >= 15 is 0 Å². The van der Waals surface area contributed by atoms with E-state index in [1.165, 1.54) is 6.33 Å². The van der Waals surface area contributed by atoms with Crippen LogP contribution in [0.1, 0.15) is 47.3 Å². The maximum Gasteiger partial charge on any atom is 0.434 e. The molecule has 1 aromatic carbocycles. The van der Waals surface area contributed by atoms with Gasteiger partial charge < -0.3 is 19.2 Å². The average molecular weight is 561 g/mol. The summed E-state index contributed by atoms with van der Waals surface area (Å²) in [6.07, 6.45) is 4.51. The molecule has 5 aromatic rings. The number of H-pyrrole nitrogens is 1. The minimum Gasteiger partial charge on any atom is -0.480 e. The lowest BCUT2D eigenvalue weighted by Gasteiger charge is -2.37. The van der Waals surface area contributed by atoms with E-state index in [9.17, 15) is 13.2 Å². The predicted octanol–water partition coefficient (Wildman–Crippen LogP) is 5.26. The summed E-state index contributed by atoms with van der Waals surface area (Å²) in [5.74, 6) is 1.66. The molecule has 1 aliphatic carbocycles. The highest BCUT2D eigenvalue weighted by atomic mass is 19.4. The number of ether oxygens (including phenoxy) is 1. The molecule has 1 saturated carbocycles. The van der Waals surface area contributed by atoms with Crippen LogP contribution in [0.2, 0.25) is 0 Å². The molecular weight excluding hydrogens is 533 g/mol. The molecule has 0 atom stereocenters. The van der Waals surface area contributed by atoms with Crippen molar-refractivity contribution >= 4 is 11.0 Å². The number of nitrogens with zero attached hydrogens (tertiary/aromatic N) is 7. The van der Waals surface area contributed by atoms with Crippen molar-refractivity contribution in [1.82, 2.24) is 39.4 Å². The van der Waals surface area contributed by atoms with Gasteiger partial charge in [-0.3, -0.25) is 0 Å². The fourth-order valence-corrected chi connectivity index (χ4v) is 5.49. The van der Waals surface area contributed by atoms with Crippen LogP contribution in [-0.2, 0) is 12.6 Å². The zero-order chi connectivity index (χ0) is 28.3. The first-order valence-electron chi connectivity index (χ1n) is 13.4. The van der Waals surface area contributed by atoms with Crippen LogP contribution < -0.4 is 4.74 Å². The predicted molar refractivity (Wildman–Crippen MR) is 145 cm³/mol. The Morgan fingerprint density at radius 2 is 1.83 bits per heavy atom. The number of nitrogens with one attached hydrogen (secondary N) is 1. The lowest BCUT2D eigenvalue weighted by Crippen LogP contribution is -2.44. The van der Waals surface area contributed by atoms with Crippen LogP contribution in [0.5, 0.6) is 5.88 Å². The summed E-state index contributed by atoms with van der Waals surface area (Å²) in [6, 6.07) is 7.48. The highest BCUT2D eigenvalue weighted by molar-refractivity contribution is 5.81. The first-order chi connectivity index (χ1) is 19.8. The van der Waals surface area contributed by atoms with Gasteiger partial charge in [-0.2, -0.15) is 13.2 Å². The van der Waals surface area contributed by atoms with E-state index in [4.69, 9.17) is 9.72 Å². The second-order valence-corrected chi connectivity index (χ2v) is 10.8. The summed E-state index contributed by atoms with van der Waals surface area (Å²) >= 11 is 0. The van der Waals surface area contributed by atoms with Gasteiger partial charge in [-0.1, -0.05) is 24.3 Å². The van der Waals surface area contributed by atoms with Gasteiger partial charge in [0.05, 0.1) is 36.1 Å². The number of aromatic amines is 1. The third-order valence-corrected chi connectivity index (χ3v) is 7.79. The fraction of sp³-hybridized carbons (Fsp3) is 0.345. The first kappa shape index (κ1) is 25.6. The van der Waals surface area contributed by atoms with E-state index in [0.29, 0.717) is 48.5 Å². The molecule has 0 spiro atoms. The topological polar surface area (TPSA) is 97.6 Å². The molecule has 4 aromatic heterocycles. The van der Waals surface area contributed by atoms with Gasteiger partial charge in [-0.25, -0.2) is 24.9 Å². The third-order valence-electron chi connectivity index (χ3n) is 7.79. The SMILES string of the molecule is COc1ncnc(C2CC2)c1-c1ncc2[nH]cc(Cc3ccc(-c4nc(C(F)(F)F)cn4C4CN(C)C4)cc3)c2n1. The van der Waals surface area contributed by atoms with Gasteiger partial charge in [-0.15, -0.1) is 0 Å². The van der Waals surface area contributed by atoms with E-state index in [1.54, 1.807) is 17.9 Å². The number of imidazole rings is 1. The summed E-state index contributed by atoms with van der Waals surface area (Å²) < 4.78 is 47.7. The number of benzene rings is 1. The van der Waals surface area contributed by atoms with Crippen molar-refractivity contribution in [2.75, 3.05) is 27.2 Å². The lowest BCUT2D eigenvalue weighted by molar-refractivity contribution is -0.141. The first-order valence-corrected chi connectivity index (χ1v) is 13.4. The molecule has 1 saturated heterocycles. The number of alkyl halides is 3. The molecule has 41 heavy (non-hydrogen) atoms. The van der Waals surface area contributed by atoms with Crippen molar-refractivity contribution < 1.29 is 17.9 Å². The van der Waals surface area contributed by atoms with Crippen molar-refractivity contribution in [1.29, 1.82) is 0 Å². The number of aromatic nitrogens is 7. The molecule has 0 unspecified atom stereocenters. The summed E-state index contributed by atoms with van der Waals surface area (Å²) in [4.78, 5) is 27.6. The van der Waals surface area contributed by atoms with Gasteiger partial charge in [-0.05, 0) is 25.5 Å². The van der Waals surface area contributed by atoms with Gasteiger partial charge in [0.25, 0.3) is 0 Å². The molecule has 210 valence electrons. The number of methoxy groups -OCH3 is 1. The zero-order valence-electron chi connectivity index (χ0n) is 22.5. The summed E-state index contributed by atoms with van der Waals surface area (Å²) in [5, 5.41) is 0. The number of rotatable bonds is 7. The Labute approximate surface area is 233 Å². The molecule has 0 radical (unpaired) electrons. The van der Waals surface area contributed by atoms with Gasteiger partial charge in [0.2, 0.25) is 5.88 Å². The lowest BCUT2D eigenvalue weighted by atomic mass is 10.0. The van der Waals surface area contributed by atoms with Crippen LogP contribution in [0.25, 0.3) is 33.8 Å². The van der Waals surface area contributed by atoms with E-state index in [-0.39, 0.29) is 6.04 Å². The number of likely N-dealkylation sites (tertiary alicyclic amines) is 1.